The molecule has 1 unspecified atom stereocenters. The van der Waals surface area contributed by atoms with Gasteiger partial charge in [-0.3, -0.25) is 0 Å². The highest BCUT2D eigenvalue weighted by molar-refractivity contribution is 5.59. The van der Waals surface area contributed by atoms with Crippen molar-refractivity contribution in [2.45, 2.75) is 38.6 Å². The summed E-state index contributed by atoms with van der Waals surface area (Å²) in [6.45, 7) is 8.56. The zero-order chi connectivity index (χ0) is 14.7. The van der Waals surface area contributed by atoms with Crippen molar-refractivity contribution in [3.05, 3.63) is 29.3 Å². The van der Waals surface area contributed by atoms with Gasteiger partial charge in [-0.2, -0.15) is 0 Å². The molecule has 0 aromatic heterocycles. The van der Waals surface area contributed by atoms with E-state index in [1.54, 1.807) is 0 Å². The average molecular weight is 287 g/mol. The Morgan fingerprint density at radius 2 is 1.95 bits per heavy atom. The molecule has 0 saturated carbocycles. The van der Waals surface area contributed by atoms with Gasteiger partial charge in [-0.25, -0.2) is 0 Å². The van der Waals surface area contributed by atoms with Gasteiger partial charge in [0.2, 0.25) is 0 Å². The predicted octanol–water partition coefficient (Wildman–Crippen LogP) is 2.82. The SMILES string of the molecule is CNC(C)c1ccc2c(c1)CCN2CCCN1CCCC1. The number of rotatable bonds is 6. The standard InChI is InChI=1S/C18H29N3/c1-15(19-2)16-6-7-18-17(14-16)8-13-21(18)12-5-11-20-9-3-4-10-20/h6-7,14-15,19H,3-5,8-13H2,1-2H3. The molecule has 0 aliphatic carbocycles. The summed E-state index contributed by atoms with van der Waals surface area (Å²) in [6, 6.07) is 7.47. The molecule has 3 heteroatoms. The van der Waals surface area contributed by atoms with Crippen LogP contribution in [0.25, 0.3) is 0 Å². The monoisotopic (exact) mass is 287 g/mol. The van der Waals surface area contributed by atoms with E-state index in [1.807, 2.05) is 7.05 Å². The Labute approximate surface area is 129 Å². The molecule has 116 valence electrons. The van der Waals surface area contributed by atoms with E-state index >= 15 is 0 Å². The number of likely N-dealkylation sites (tertiary alicyclic amines) is 1. The van der Waals surface area contributed by atoms with Gasteiger partial charge in [0.05, 0.1) is 0 Å². The molecule has 1 atom stereocenters. The Morgan fingerprint density at radius 1 is 1.14 bits per heavy atom. The molecule has 1 fully saturated rings. The molecule has 21 heavy (non-hydrogen) atoms. The molecule has 1 N–H and O–H groups in total. The lowest BCUT2D eigenvalue weighted by Gasteiger charge is -2.22. The van der Waals surface area contributed by atoms with Gasteiger partial charge in [0.15, 0.2) is 0 Å². The molecule has 2 aliphatic rings. The van der Waals surface area contributed by atoms with Crippen molar-refractivity contribution < 1.29 is 0 Å². The molecule has 1 saturated heterocycles. The van der Waals surface area contributed by atoms with Crippen LogP contribution in [0.3, 0.4) is 0 Å². The molecule has 0 amide bonds. The number of hydrogen-bond donors (Lipinski definition) is 1. The smallest absolute Gasteiger partial charge is 0.0399 e. The third-order valence-corrected chi connectivity index (χ3v) is 5.13. The summed E-state index contributed by atoms with van der Waals surface area (Å²) >= 11 is 0. The Balaban J connectivity index is 1.56. The molecular weight excluding hydrogens is 258 g/mol. The summed E-state index contributed by atoms with van der Waals surface area (Å²) in [4.78, 5) is 5.20. The van der Waals surface area contributed by atoms with E-state index in [0.717, 1.165) is 0 Å². The minimum Gasteiger partial charge on any atom is -0.371 e. The van der Waals surface area contributed by atoms with E-state index < -0.39 is 0 Å². The first-order chi connectivity index (χ1) is 10.3. The van der Waals surface area contributed by atoms with Crippen LogP contribution in [-0.4, -0.2) is 44.7 Å². The van der Waals surface area contributed by atoms with Crippen LogP contribution in [0.1, 0.15) is 43.4 Å². The molecule has 1 aromatic rings. The Hall–Kier alpha value is -1.06. The number of nitrogens with zero attached hydrogens (tertiary/aromatic N) is 2. The summed E-state index contributed by atoms with van der Waals surface area (Å²) in [6.07, 6.45) is 5.31. The molecule has 0 bridgehead atoms. The van der Waals surface area contributed by atoms with Crippen molar-refractivity contribution in [2.24, 2.45) is 0 Å². The lowest BCUT2D eigenvalue weighted by atomic mass is 10.0. The first-order valence-corrected chi connectivity index (χ1v) is 8.55. The zero-order valence-electron chi connectivity index (χ0n) is 13.6. The van der Waals surface area contributed by atoms with Gasteiger partial charge in [-0.15, -0.1) is 0 Å². The fourth-order valence-electron chi connectivity index (χ4n) is 3.65. The number of fused-ring (bicyclic) bond motifs is 1. The third-order valence-electron chi connectivity index (χ3n) is 5.13. The second-order valence-corrected chi connectivity index (χ2v) is 6.54. The van der Waals surface area contributed by atoms with Crippen LogP contribution < -0.4 is 10.2 Å². The maximum atomic E-state index is 3.33. The van der Waals surface area contributed by atoms with Crippen molar-refractivity contribution >= 4 is 5.69 Å². The average Bonchev–Trinajstić information content (AvgIpc) is 3.16. The van der Waals surface area contributed by atoms with Crippen molar-refractivity contribution in [3.8, 4) is 0 Å². The summed E-state index contributed by atoms with van der Waals surface area (Å²) in [5.41, 5.74) is 4.43. The van der Waals surface area contributed by atoms with E-state index in [4.69, 9.17) is 0 Å². The molecule has 2 heterocycles. The van der Waals surface area contributed by atoms with Gasteiger partial charge in [0.1, 0.15) is 0 Å². The second kappa shape index (κ2) is 6.80. The summed E-state index contributed by atoms with van der Waals surface area (Å²) in [5.74, 6) is 0. The predicted molar refractivity (Wildman–Crippen MR) is 90.1 cm³/mol. The molecule has 3 rings (SSSR count). The second-order valence-electron chi connectivity index (χ2n) is 6.54. The maximum absolute atomic E-state index is 3.33. The third kappa shape index (κ3) is 3.41. The largest absolute Gasteiger partial charge is 0.371 e. The maximum Gasteiger partial charge on any atom is 0.0399 e. The normalized spacial score (nSPS) is 20.0. The van der Waals surface area contributed by atoms with Crippen LogP contribution in [0.4, 0.5) is 5.69 Å². The van der Waals surface area contributed by atoms with Gasteiger partial charge >= 0.3 is 0 Å². The summed E-state index contributed by atoms with van der Waals surface area (Å²) < 4.78 is 0. The van der Waals surface area contributed by atoms with Crippen molar-refractivity contribution in [1.82, 2.24) is 10.2 Å². The lowest BCUT2D eigenvalue weighted by molar-refractivity contribution is 0.335. The first-order valence-electron chi connectivity index (χ1n) is 8.55. The summed E-state index contributed by atoms with van der Waals surface area (Å²) in [5, 5.41) is 3.33. The van der Waals surface area contributed by atoms with E-state index in [9.17, 15) is 0 Å². The van der Waals surface area contributed by atoms with Crippen LogP contribution in [0.5, 0.6) is 0 Å². The highest BCUT2D eigenvalue weighted by Crippen LogP contribution is 2.30. The number of anilines is 1. The Morgan fingerprint density at radius 3 is 2.71 bits per heavy atom. The molecule has 0 radical (unpaired) electrons. The molecule has 2 aliphatic heterocycles. The highest BCUT2D eigenvalue weighted by atomic mass is 15.2. The van der Waals surface area contributed by atoms with Gasteiger partial charge < -0.3 is 15.1 Å². The fourth-order valence-corrected chi connectivity index (χ4v) is 3.65. The van der Waals surface area contributed by atoms with E-state index in [2.05, 4.69) is 40.2 Å². The minimum atomic E-state index is 0.444. The Bertz CT molecular complexity index is 466. The van der Waals surface area contributed by atoms with Gasteiger partial charge in [-0.1, -0.05) is 12.1 Å². The van der Waals surface area contributed by atoms with Crippen molar-refractivity contribution in [2.75, 3.05) is 44.7 Å². The van der Waals surface area contributed by atoms with Crippen LogP contribution in [0.15, 0.2) is 18.2 Å². The molecule has 3 nitrogen and oxygen atoms in total. The van der Waals surface area contributed by atoms with Crippen LogP contribution in [0, 0.1) is 0 Å². The first kappa shape index (κ1) is 14.9. The van der Waals surface area contributed by atoms with Crippen molar-refractivity contribution in [1.29, 1.82) is 0 Å². The van der Waals surface area contributed by atoms with E-state index in [-0.39, 0.29) is 0 Å². The summed E-state index contributed by atoms with van der Waals surface area (Å²) in [7, 11) is 2.03. The molecule has 1 aromatic carbocycles. The quantitative estimate of drug-likeness (QED) is 0.868. The number of benzene rings is 1. The van der Waals surface area contributed by atoms with Gasteiger partial charge in [0, 0.05) is 24.8 Å². The van der Waals surface area contributed by atoms with Gasteiger partial charge in [-0.05, 0) is 76.5 Å². The van der Waals surface area contributed by atoms with Gasteiger partial charge in [0.25, 0.3) is 0 Å². The fraction of sp³-hybridized carbons (Fsp3) is 0.667. The number of hydrogen-bond acceptors (Lipinski definition) is 3. The topological polar surface area (TPSA) is 18.5 Å². The molecule has 0 spiro atoms. The highest BCUT2D eigenvalue weighted by Gasteiger charge is 2.20. The minimum absolute atomic E-state index is 0.444. The lowest BCUT2D eigenvalue weighted by Crippen LogP contribution is -2.27. The zero-order valence-corrected chi connectivity index (χ0v) is 13.6. The van der Waals surface area contributed by atoms with Crippen LogP contribution in [-0.2, 0) is 6.42 Å². The van der Waals surface area contributed by atoms with Crippen LogP contribution in [0.2, 0.25) is 0 Å². The molecular formula is C18H29N3. The van der Waals surface area contributed by atoms with Crippen molar-refractivity contribution in [3.63, 3.8) is 0 Å². The van der Waals surface area contributed by atoms with E-state index in [0.29, 0.717) is 6.04 Å². The van der Waals surface area contributed by atoms with Crippen LogP contribution >= 0.6 is 0 Å². The van der Waals surface area contributed by atoms with E-state index in [1.165, 1.54) is 75.2 Å². The number of nitrogens with one attached hydrogen (secondary N) is 1. The Kier molecular flexibility index (Phi) is 4.81.